The smallest absolute Gasteiger partial charge is 0.0953 e. The number of hydrogen-bond acceptors (Lipinski definition) is 2. The maximum absolute atomic E-state index is 5.98. The SMILES string of the molecule is CC[C@@H](N)c1cncn1C(C)(C)C. The molecule has 2 N–H and O–H groups in total. The average molecular weight is 181 g/mol. The molecule has 0 aromatic carbocycles. The molecule has 3 heteroatoms. The van der Waals surface area contributed by atoms with Crippen molar-refractivity contribution in [3.8, 4) is 0 Å². The molecule has 0 aliphatic heterocycles. The molecular weight excluding hydrogens is 162 g/mol. The van der Waals surface area contributed by atoms with Gasteiger partial charge in [-0.1, -0.05) is 6.92 Å². The van der Waals surface area contributed by atoms with E-state index in [1.165, 1.54) is 0 Å². The largest absolute Gasteiger partial charge is 0.328 e. The van der Waals surface area contributed by atoms with Gasteiger partial charge in [0, 0.05) is 17.8 Å². The van der Waals surface area contributed by atoms with E-state index < -0.39 is 0 Å². The maximum atomic E-state index is 5.98. The Morgan fingerprint density at radius 1 is 1.54 bits per heavy atom. The summed E-state index contributed by atoms with van der Waals surface area (Å²) in [5.41, 5.74) is 7.16. The first-order valence-corrected chi connectivity index (χ1v) is 4.75. The van der Waals surface area contributed by atoms with Crippen molar-refractivity contribution in [2.45, 2.75) is 45.7 Å². The molecule has 0 aliphatic rings. The van der Waals surface area contributed by atoms with Crippen LogP contribution < -0.4 is 5.73 Å². The fraction of sp³-hybridized carbons (Fsp3) is 0.700. The maximum Gasteiger partial charge on any atom is 0.0953 e. The van der Waals surface area contributed by atoms with E-state index in [1.54, 1.807) is 0 Å². The van der Waals surface area contributed by atoms with Gasteiger partial charge in [-0.3, -0.25) is 0 Å². The van der Waals surface area contributed by atoms with E-state index >= 15 is 0 Å². The second-order valence-corrected chi connectivity index (χ2v) is 4.37. The molecule has 1 rings (SSSR count). The van der Waals surface area contributed by atoms with Gasteiger partial charge in [-0.15, -0.1) is 0 Å². The molecule has 0 saturated heterocycles. The van der Waals surface area contributed by atoms with Gasteiger partial charge in [-0.25, -0.2) is 4.98 Å². The Bertz CT molecular complexity index is 270. The average Bonchev–Trinajstić information content (AvgIpc) is 2.49. The topological polar surface area (TPSA) is 43.8 Å². The monoisotopic (exact) mass is 181 g/mol. The van der Waals surface area contributed by atoms with Gasteiger partial charge in [0.25, 0.3) is 0 Å². The van der Waals surface area contributed by atoms with E-state index in [2.05, 4.69) is 37.2 Å². The quantitative estimate of drug-likeness (QED) is 0.758. The third-order valence-corrected chi connectivity index (χ3v) is 2.21. The first kappa shape index (κ1) is 10.3. The zero-order valence-electron chi connectivity index (χ0n) is 8.91. The molecule has 13 heavy (non-hydrogen) atoms. The van der Waals surface area contributed by atoms with Crippen LogP contribution in [0.25, 0.3) is 0 Å². The molecule has 0 bridgehead atoms. The minimum absolute atomic E-state index is 0.0681. The fourth-order valence-electron chi connectivity index (χ4n) is 1.35. The van der Waals surface area contributed by atoms with E-state index in [0.29, 0.717) is 0 Å². The van der Waals surface area contributed by atoms with Gasteiger partial charge < -0.3 is 10.3 Å². The van der Waals surface area contributed by atoms with E-state index in [9.17, 15) is 0 Å². The third-order valence-electron chi connectivity index (χ3n) is 2.21. The highest BCUT2D eigenvalue weighted by Gasteiger charge is 2.18. The molecule has 74 valence electrons. The minimum atomic E-state index is 0.0681. The van der Waals surface area contributed by atoms with E-state index in [-0.39, 0.29) is 11.6 Å². The highest BCUT2D eigenvalue weighted by Crippen LogP contribution is 2.21. The Morgan fingerprint density at radius 3 is 2.62 bits per heavy atom. The summed E-state index contributed by atoms with van der Waals surface area (Å²) in [4.78, 5) is 4.14. The summed E-state index contributed by atoms with van der Waals surface area (Å²) >= 11 is 0. The van der Waals surface area contributed by atoms with Crippen molar-refractivity contribution in [1.82, 2.24) is 9.55 Å². The highest BCUT2D eigenvalue weighted by atomic mass is 15.1. The first-order chi connectivity index (χ1) is 5.96. The van der Waals surface area contributed by atoms with Gasteiger partial charge in [0.05, 0.1) is 12.0 Å². The lowest BCUT2D eigenvalue weighted by atomic mass is 10.1. The Hall–Kier alpha value is -0.830. The summed E-state index contributed by atoms with van der Waals surface area (Å²) in [5.74, 6) is 0. The van der Waals surface area contributed by atoms with Crippen LogP contribution in [0, 0.1) is 0 Å². The molecule has 3 nitrogen and oxygen atoms in total. The van der Waals surface area contributed by atoms with Crippen molar-refractivity contribution in [3.05, 3.63) is 18.2 Å². The number of rotatable bonds is 2. The number of aromatic nitrogens is 2. The molecule has 1 atom stereocenters. The van der Waals surface area contributed by atoms with Crippen molar-refractivity contribution in [2.75, 3.05) is 0 Å². The van der Waals surface area contributed by atoms with Crippen molar-refractivity contribution in [2.24, 2.45) is 5.73 Å². The van der Waals surface area contributed by atoms with Crippen LogP contribution in [0.15, 0.2) is 12.5 Å². The molecule has 0 saturated carbocycles. The predicted molar refractivity (Wildman–Crippen MR) is 54.4 cm³/mol. The lowest BCUT2D eigenvalue weighted by Gasteiger charge is -2.25. The lowest BCUT2D eigenvalue weighted by Crippen LogP contribution is -2.26. The van der Waals surface area contributed by atoms with Crippen LogP contribution in [0.4, 0.5) is 0 Å². The fourth-order valence-corrected chi connectivity index (χ4v) is 1.35. The number of imidazole rings is 1. The van der Waals surface area contributed by atoms with Crippen LogP contribution in [-0.2, 0) is 5.54 Å². The predicted octanol–water partition coefficient (Wildman–Crippen LogP) is 2.05. The Kier molecular flexibility index (Phi) is 2.76. The van der Waals surface area contributed by atoms with Crippen molar-refractivity contribution < 1.29 is 0 Å². The molecule has 1 aromatic rings. The van der Waals surface area contributed by atoms with Crippen LogP contribution in [0.2, 0.25) is 0 Å². The molecule has 0 radical (unpaired) electrons. The number of nitrogens with zero attached hydrogens (tertiary/aromatic N) is 2. The van der Waals surface area contributed by atoms with Crippen LogP contribution in [0.5, 0.6) is 0 Å². The minimum Gasteiger partial charge on any atom is -0.328 e. The van der Waals surface area contributed by atoms with E-state index in [1.807, 2.05) is 12.5 Å². The summed E-state index contributed by atoms with van der Waals surface area (Å²) in [6.07, 6.45) is 4.66. The van der Waals surface area contributed by atoms with Crippen LogP contribution in [0.3, 0.4) is 0 Å². The standard InChI is InChI=1S/C10H19N3/c1-5-8(11)9-6-12-7-13(9)10(2,3)4/h6-8H,5,11H2,1-4H3/t8-/m1/s1. The molecule has 1 heterocycles. The molecule has 0 amide bonds. The Balaban J connectivity index is 3.03. The molecule has 0 unspecified atom stereocenters. The van der Waals surface area contributed by atoms with Crippen molar-refractivity contribution >= 4 is 0 Å². The second kappa shape index (κ2) is 3.50. The summed E-state index contributed by atoms with van der Waals surface area (Å²) in [6, 6.07) is 0.0988. The first-order valence-electron chi connectivity index (χ1n) is 4.75. The Labute approximate surface area is 80.0 Å². The van der Waals surface area contributed by atoms with Gasteiger partial charge in [0.1, 0.15) is 0 Å². The van der Waals surface area contributed by atoms with E-state index in [0.717, 1.165) is 12.1 Å². The zero-order valence-corrected chi connectivity index (χ0v) is 8.91. The number of nitrogens with two attached hydrogens (primary N) is 1. The molecular formula is C10H19N3. The molecule has 1 aromatic heterocycles. The van der Waals surface area contributed by atoms with Crippen LogP contribution in [-0.4, -0.2) is 9.55 Å². The highest BCUT2D eigenvalue weighted by molar-refractivity contribution is 5.07. The van der Waals surface area contributed by atoms with Gasteiger partial charge in [-0.05, 0) is 27.2 Å². The molecule has 0 fully saturated rings. The summed E-state index contributed by atoms with van der Waals surface area (Å²) in [5, 5.41) is 0. The summed E-state index contributed by atoms with van der Waals surface area (Å²) in [6.45, 7) is 8.55. The molecule has 0 aliphatic carbocycles. The van der Waals surface area contributed by atoms with Gasteiger partial charge in [0.15, 0.2) is 0 Å². The Morgan fingerprint density at radius 2 is 2.15 bits per heavy atom. The van der Waals surface area contributed by atoms with E-state index in [4.69, 9.17) is 5.73 Å². The molecule has 0 spiro atoms. The van der Waals surface area contributed by atoms with Gasteiger partial charge >= 0.3 is 0 Å². The lowest BCUT2D eigenvalue weighted by molar-refractivity contribution is 0.374. The third kappa shape index (κ3) is 2.10. The number of hydrogen-bond donors (Lipinski definition) is 1. The van der Waals surface area contributed by atoms with Crippen molar-refractivity contribution in [1.29, 1.82) is 0 Å². The van der Waals surface area contributed by atoms with Gasteiger partial charge in [-0.2, -0.15) is 0 Å². The summed E-state index contributed by atoms with van der Waals surface area (Å²) < 4.78 is 2.14. The van der Waals surface area contributed by atoms with Crippen LogP contribution in [0.1, 0.15) is 45.9 Å². The normalized spacial score (nSPS) is 14.5. The van der Waals surface area contributed by atoms with Crippen molar-refractivity contribution in [3.63, 3.8) is 0 Å². The zero-order chi connectivity index (χ0) is 10.1. The second-order valence-electron chi connectivity index (χ2n) is 4.37. The summed E-state index contributed by atoms with van der Waals surface area (Å²) in [7, 11) is 0. The van der Waals surface area contributed by atoms with Gasteiger partial charge in [0.2, 0.25) is 0 Å². The van der Waals surface area contributed by atoms with Crippen LogP contribution >= 0.6 is 0 Å².